The molecule has 0 atom stereocenters. The van der Waals surface area contributed by atoms with Crippen LogP contribution in [0.25, 0.3) is 0 Å². The highest BCUT2D eigenvalue weighted by molar-refractivity contribution is 5.98. The molecule has 0 unspecified atom stereocenters. The molecule has 0 bridgehead atoms. The number of benzene rings is 1. The van der Waals surface area contributed by atoms with E-state index in [0.29, 0.717) is 31.5 Å². The molecule has 8 nitrogen and oxygen atoms in total. The molecular weight excluding hydrogens is 410 g/mol. The van der Waals surface area contributed by atoms with Gasteiger partial charge in [0.05, 0.1) is 0 Å². The van der Waals surface area contributed by atoms with Gasteiger partial charge in [-0.3, -0.25) is 14.4 Å². The molecule has 8 heteroatoms. The van der Waals surface area contributed by atoms with Crippen molar-refractivity contribution in [2.75, 3.05) is 19.6 Å². The summed E-state index contributed by atoms with van der Waals surface area (Å²) in [5, 5.41) is 5.52. The minimum atomic E-state index is -0.578. The SMILES string of the molecule is Cc1ccc(C(=O)CCC(=O)N2CCC(NC(=O)CCNC(=O)OC(C)(C)C)CC2)cc1. The lowest BCUT2D eigenvalue weighted by atomic mass is 10.0. The van der Waals surface area contributed by atoms with Gasteiger partial charge in [0.25, 0.3) is 0 Å². The van der Waals surface area contributed by atoms with Gasteiger partial charge in [0, 0.05) is 50.5 Å². The maximum atomic E-state index is 12.5. The van der Waals surface area contributed by atoms with Crippen LogP contribution in [0.15, 0.2) is 24.3 Å². The standard InChI is InChI=1S/C24H35N3O5/c1-17-5-7-18(8-6-17)20(28)9-10-22(30)27-15-12-19(13-16-27)26-21(29)11-14-25-23(31)32-24(2,3)4/h5-8,19H,9-16H2,1-4H3,(H,25,31)(H,26,29). The molecule has 0 aromatic heterocycles. The number of ether oxygens (including phenoxy) is 1. The van der Waals surface area contributed by atoms with Crippen molar-refractivity contribution in [3.8, 4) is 0 Å². The molecule has 176 valence electrons. The van der Waals surface area contributed by atoms with Crippen LogP contribution in [0.5, 0.6) is 0 Å². The molecule has 2 N–H and O–H groups in total. The first-order valence-corrected chi connectivity index (χ1v) is 11.2. The molecular formula is C24H35N3O5. The molecule has 0 aliphatic carbocycles. The normalized spacial score (nSPS) is 14.6. The van der Waals surface area contributed by atoms with Crippen LogP contribution in [-0.2, 0) is 14.3 Å². The minimum absolute atomic E-state index is 0.00210. The lowest BCUT2D eigenvalue weighted by molar-refractivity contribution is -0.132. The van der Waals surface area contributed by atoms with Gasteiger partial charge in [0.2, 0.25) is 11.8 Å². The van der Waals surface area contributed by atoms with Gasteiger partial charge in [-0.25, -0.2) is 4.79 Å². The van der Waals surface area contributed by atoms with E-state index in [9.17, 15) is 19.2 Å². The van der Waals surface area contributed by atoms with Crippen molar-refractivity contribution in [3.63, 3.8) is 0 Å². The number of alkyl carbamates (subject to hydrolysis) is 1. The van der Waals surface area contributed by atoms with E-state index in [4.69, 9.17) is 4.74 Å². The molecule has 2 rings (SSSR count). The van der Waals surface area contributed by atoms with Crippen LogP contribution in [0.4, 0.5) is 4.79 Å². The van der Waals surface area contributed by atoms with E-state index in [2.05, 4.69) is 10.6 Å². The van der Waals surface area contributed by atoms with Crippen molar-refractivity contribution in [3.05, 3.63) is 35.4 Å². The van der Waals surface area contributed by atoms with E-state index >= 15 is 0 Å². The zero-order valence-corrected chi connectivity index (χ0v) is 19.5. The molecule has 1 fully saturated rings. The van der Waals surface area contributed by atoms with E-state index in [0.717, 1.165) is 5.56 Å². The van der Waals surface area contributed by atoms with Gasteiger partial charge in [0.15, 0.2) is 5.78 Å². The van der Waals surface area contributed by atoms with E-state index in [-0.39, 0.29) is 49.4 Å². The van der Waals surface area contributed by atoms with E-state index in [1.165, 1.54) is 0 Å². The summed E-state index contributed by atoms with van der Waals surface area (Å²) >= 11 is 0. The van der Waals surface area contributed by atoms with Crippen LogP contribution < -0.4 is 10.6 Å². The number of carbonyl (C=O) groups is 4. The lowest BCUT2D eigenvalue weighted by Crippen LogP contribution is -2.47. The fourth-order valence-corrected chi connectivity index (χ4v) is 3.43. The van der Waals surface area contributed by atoms with Crippen LogP contribution in [-0.4, -0.2) is 59.9 Å². The second-order valence-electron chi connectivity index (χ2n) is 9.19. The quantitative estimate of drug-likeness (QED) is 0.599. The molecule has 1 saturated heterocycles. The number of nitrogens with one attached hydrogen (secondary N) is 2. The van der Waals surface area contributed by atoms with Gasteiger partial charge in [0.1, 0.15) is 5.60 Å². The first-order chi connectivity index (χ1) is 15.0. The Morgan fingerprint density at radius 2 is 1.62 bits per heavy atom. The molecule has 1 heterocycles. The number of carbonyl (C=O) groups excluding carboxylic acids is 4. The first-order valence-electron chi connectivity index (χ1n) is 11.2. The molecule has 0 spiro atoms. The second kappa shape index (κ2) is 11.6. The second-order valence-corrected chi connectivity index (χ2v) is 9.19. The van der Waals surface area contributed by atoms with Gasteiger partial charge in [-0.05, 0) is 40.5 Å². The molecule has 1 aromatic rings. The van der Waals surface area contributed by atoms with Crippen molar-refractivity contribution in [2.45, 2.75) is 71.4 Å². The Morgan fingerprint density at radius 1 is 1.00 bits per heavy atom. The van der Waals surface area contributed by atoms with E-state index in [1.807, 2.05) is 19.1 Å². The average molecular weight is 446 g/mol. The number of hydrogen-bond acceptors (Lipinski definition) is 5. The first kappa shape index (κ1) is 25.4. The predicted molar refractivity (Wildman–Crippen MR) is 121 cm³/mol. The zero-order chi connectivity index (χ0) is 23.7. The van der Waals surface area contributed by atoms with Crippen LogP contribution in [0.2, 0.25) is 0 Å². The van der Waals surface area contributed by atoms with E-state index < -0.39 is 11.7 Å². The Morgan fingerprint density at radius 3 is 2.22 bits per heavy atom. The fraction of sp³-hybridized carbons (Fsp3) is 0.583. The lowest BCUT2D eigenvalue weighted by Gasteiger charge is -2.32. The molecule has 32 heavy (non-hydrogen) atoms. The maximum Gasteiger partial charge on any atom is 0.407 e. The number of ketones is 1. The highest BCUT2D eigenvalue weighted by Crippen LogP contribution is 2.14. The summed E-state index contributed by atoms with van der Waals surface area (Å²) in [6, 6.07) is 7.37. The minimum Gasteiger partial charge on any atom is -0.444 e. The summed E-state index contributed by atoms with van der Waals surface area (Å²) in [4.78, 5) is 50.2. The summed E-state index contributed by atoms with van der Waals surface area (Å²) in [5.41, 5.74) is 1.14. The number of aryl methyl sites for hydroxylation is 1. The van der Waals surface area contributed by atoms with Crippen molar-refractivity contribution in [1.82, 2.24) is 15.5 Å². The van der Waals surface area contributed by atoms with Crippen molar-refractivity contribution < 1.29 is 23.9 Å². The fourth-order valence-electron chi connectivity index (χ4n) is 3.43. The van der Waals surface area contributed by atoms with Crippen molar-refractivity contribution in [1.29, 1.82) is 0 Å². The Bertz CT molecular complexity index is 806. The largest absolute Gasteiger partial charge is 0.444 e. The third-order valence-corrected chi connectivity index (χ3v) is 5.17. The Hall–Kier alpha value is -2.90. The summed E-state index contributed by atoms with van der Waals surface area (Å²) in [7, 11) is 0. The predicted octanol–water partition coefficient (Wildman–Crippen LogP) is 2.98. The molecule has 3 amide bonds. The average Bonchev–Trinajstić information content (AvgIpc) is 2.71. The van der Waals surface area contributed by atoms with Crippen LogP contribution in [0, 0.1) is 6.92 Å². The Labute approximate surface area is 190 Å². The summed E-state index contributed by atoms with van der Waals surface area (Å²) in [5.74, 6) is -0.202. The number of nitrogens with zero attached hydrogens (tertiary/aromatic N) is 1. The highest BCUT2D eigenvalue weighted by Gasteiger charge is 2.24. The van der Waals surface area contributed by atoms with Crippen LogP contribution in [0.3, 0.4) is 0 Å². The molecule has 0 radical (unpaired) electrons. The topological polar surface area (TPSA) is 105 Å². The van der Waals surface area contributed by atoms with Crippen molar-refractivity contribution in [2.24, 2.45) is 0 Å². The number of likely N-dealkylation sites (tertiary alicyclic amines) is 1. The van der Waals surface area contributed by atoms with Gasteiger partial charge in [-0.2, -0.15) is 0 Å². The van der Waals surface area contributed by atoms with Gasteiger partial charge in [-0.15, -0.1) is 0 Å². The number of hydrogen-bond donors (Lipinski definition) is 2. The summed E-state index contributed by atoms with van der Waals surface area (Å²) in [6.07, 6.45) is 1.35. The van der Waals surface area contributed by atoms with Crippen LogP contribution in [0.1, 0.15) is 68.8 Å². The third kappa shape index (κ3) is 9.08. The highest BCUT2D eigenvalue weighted by atomic mass is 16.6. The molecule has 0 saturated carbocycles. The summed E-state index contributed by atoms with van der Waals surface area (Å²) in [6.45, 7) is 8.60. The number of amides is 3. The summed E-state index contributed by atoms with van der Waals surface area (Å²) < 4.78 is 5.13. The van der Waals surface area contributed by atoms with Gasteiger partial charge >= 0.3 is 6.09 Å². The monoisotopic (exact) mass is 445 g/mol. The molecule has 1 aromatic carbocycles. The smallest absolute Gasteiger partial charge is 0.407 e. The van der Waals surface area contributed by atoms with Gasteiger partial charge in [-0.1, -0.05) is 29.8 Å². The maximum absolute atomic E-state index is 12.5. The number of Topliss-reactive ketones (excluding diaryl/α,β-unsaturated/α-hetero) is 1. The van der Waals surface area contributed by atoms with Crippen molar-refractivity contribution >= 4 is 23.7 Å². The van der Waals surface area contributed by atoms with E-state index in [1.54, 1.807) is 37.8 Å². The Kier molecular flexibility index (Phi) is 9.23. The Balaban J connectivity index is 1.63. The number of piperidine rings is 1. The van der Waals surface area contributed by atoms with Gasteiger partial charge < -0.3 is 20.3 Å². The molecule has 1 aliphatic rings. The third-order valence-electron chi connectivity index (χ3n) is 5.17. The molecule has 1 aliphatic heterocycles. The zero-order valence-electron chi connectivity index (χ0n) is 19.5. The van der Waals surface area contributed by atoms with Crippen LogP contribution >= 0.6 is 0 Å². The number of rotatable bonds is 8.